The number of nitrogens with zero attached hydrogens (tertiary/aromatic N) is 4. The van der Waals surface area contributed by atoms with Crippen LogP contribution in [-0.4, -0.2) is 26.4 Å². The summed E-state index contributed by atoms with van der Waals surface area (Å²) in [4.78, 5) is 21.3. The van der Waals surface area contributed by atoms with Gasteiger partial charge in [0.15, 0.2) is 5.76 Å². The van der Waals surface area contributed by atoms with Crippen LogP contribution in [0.5, 0.6) is 0 Å². The molecule has 1 unspecified atom stereocenters. The molecule has 3 heterocycles. The molecule has 0 aliphatic rings. The maximum Gasteiger partial charge on any atom is 0.250 e. The van der Waals surface area contributed by atoms with Gasteiger partial charge >= 0.3 is 0 Å². The highest BCUT2D eigenvalue weighted by atomic mass is 19.1. The molecule has 0 saturated carbocycles. The van der Waals surface area contributed by atoms with Crippen molar-refractivity contribution in [2.45, 2.75) is 32.9 Å². The maximum absolute atomic E-state index is 12.8. The van der Waals surface area contributed by atoms with Crippen LogP contribution in [0.25, 0.3) is 34.0 Å². The van der Waals surface area contributed by atoms with Crippen molar-refractivity contribution >= 4 is 0 Å². The Hall–Kier alpha value is -3.65. The van der Waals surface area contributed by atoms with Gasteiger partial charge in [-0.25, -0.2) is 9.37 Å². The minimum absolute atomic E-state index is 0. The quantitative estimate of drug-likeness (QED) is 0.457. The molecule has 0 amide bonds. The smallest absolute Gasteiger partial charge is 0.250 e. The predicted octanol–water partition coefficient (Wildman–Crippen LogP) is 4.98. The number of alkyl halides is 1. The molecule has 0 fully saturated rings. The van der Waals surface area contributed by atoms with E-state index in [4.69, 9.17) is 15.2 Å². The first-order valence-electron chi connectivity index (χ1n) is 10.3. The second-order valence-corrected chi connectivity index (χ2v) is 7.91. The van der Waals surface area contributed by atoms with Gasteiger partial charge in [-0.3, -0.25) is 9.78 Å². The second kappa shape index (κ2) is 8.84. The molecule has 0 aliphatic heterocycles. The SMILES string of the molecule is Cc1ncc(-c2ccc(=O)n(C(C)C)c2)nc1-c1cc(-c2ccc(C(N)CF)cc2)no1.[HH].[HH]. The predicted molar refractivity (Wildman–Crippen MR) is 125 cm³/mol. The van der Waals surface area contributed by atoms with E-state index in [9.17, 15) is 9.18 Å². The molecule has 7 nitrogen and oxygen atoms in total. The Morgan fingerprint density at radius 2 is 1.84 bits per heavy atom. The molecule has 1 atom stereocenters. The van der Waals surface area contributed by atoms with E-state index >= 15 is 0 Å². The van der Waals surface area contributed by atoms with Crippen LogP contribution in [0.3, 0.4) is 0 Å². The molecule has 168 valence electrons. The highest BCUT2D eigenvalue weighted by molar-refractivity contribution is 5.68. The molecular weight excluding hydrogens is 409 g/mol. The van der Waals surface area contributed by atoms with Crippen LogP contribution in [0.15, 0.2) is 64.2 Å². The average molecular weight is 438 g/mol. The fraction of sp³-hybridized carbons (Fsp3) is 0.250. The van der Waals surface area contributed by atoms with Crippen LogP contribution >= 0.6 is 0 Å². The van der Waals surface area contributed by atoms with E-state index in [-0.39, 0.29) is 14.5 Å². The summed E-state index contributed by atoms with van der Waals surface area (Å²) in [6, 6.07) is 11.7. The number of aryl methyl sites for hydroxylation is 1. The van der Waals surface area contributed by atoms with Crippen molar-refractivity contribution in [2.75, 3.05) is 6.67 Å². The molecule has 8 heteroatoms. The number of nitrogens with two attached hydrogens (primary N) is 1. The van der Waals surface area contributed by atoms with Crippen LogP contribution in [0.2, 0.25) is 0 Å². The maximum atomic E-state index is 12.8. The van der Waals surface area contributed by atoms with E-state index in [1.165, 1.54) is 6.07 Å². The summed E-state index contributed by atoms with van der Waals surface area (Å²) in [5.41, 5.74) is 10.5. The lowest BCUT2D eigenvalue weighted by Crippen LogP contribution is -2.20. The molecule has 1 aromatic carbocycles. The number of pyridine rings is 1. The largest absolute Gasteiger partial charge is 0.354 e. The third-order valence-corrected chi connectivity index (χ3v) is 5.29. The van der Waals surface area contributed by atoms with Gasteiger partial charge in [-0.15, -0.1) is 0 Å². The lowest BCUT2D eigenvalue weighted by atomic mass is 10.0. The summed E-state index contributed by atoms with van der Waals surface area (Å²) in [6.45, 7) is 5.13. The lowest BCUT2D eigenvalue weighted by Gasteiger charge is -2.11. The Morgan fingerprint density at radius 1 is 1.12 bits per heavy atom. The van der Waals surface area contributed by atoms with Crippen LogP contribution in [0.1, 0.15) is 40.0 Å². The number of aromatic nitrogens is 4. The standard InChI is InChI=1S/C24H24FN5O2.2H2/c1-14(2)30-13-18(8-9-23(30)31)21-12-27-15(3)24(28-21)22-10-20(29-32-22)17-6-4-16(5-7-17)19(26)11-25;;/h4-10,12-14,19H,11,26H2,1-3H3;2*1H. The molecule has 2 N–H and O–H groups in total. The highest BCUT2D eigenvalue weighted by Crippen LogP contribution is 2.29. The molecule has 3 aromatic heterocycles. The van der Waals surface area contributed by atoms with E-state index in [0.29, 0.717) is 28.5 Å². The first-order valence-corrected chi connectivity index (χ1v) is 10.3. The summed E-state index contributed by atoms with van der Waals surface area (Å²) in [5, 5.41) is 4.16. The van der Waals surface area contributed by atoms with Gasteiger partial charge in [0.05, 0.1) is 23.6 Å². The van der Waals surface area contributed by atoms with E-state index in [2.05, 4.69) is 10.1 Å². The first kappa shape index (κ1) is 21.6. The third kappa shape index (κ3) is 4.22. The Bertz CT molecular complexity index is 1310. The minimum atomic E-state index is -0.636. The van der Waals surface area contributed by atoms with Crippen molar-refractivity contribution in [3.8, 4) is 34.0 Å². The van der Waals surface area contributed by atoms with Crippen molar-refractivity contribution in [3.63, 3.8) is 0 Å². The van der Waals surface area contributed by atoms with Gasteiger partial charge in [-0.2, -0.15) is 0 Å². The first-order chi connectivity index (χ1) is 15.4. The van der Waals surface area contributed by atoms with Gasteiger partial charge in [0.2, 0.25) is 0 Å². The average Bonchev–Trinajstić information content (AvgIpc) is 3.29. The molecule has 32 heavy (non-hydrogen) atoms. The molecule has 0 radical (unpaired) electrons. The second-order valence-electron chi connectivity index (χ2n) is 7.91. The molecular formula is C24H28FN5O2. The van der Waals surface area contributed by atoms with Gasteiger partial charge in [-0.05, 0) is 32.4 Å². The van der Waals surface area contributed by atoms with Crippen molar-refractivity contribution in [2.24, 2.45) is 5.73 Å². The summed E-state index contributed by atoms with van der Waals surface area (Å²) in [7, 11) is 0. The summed E-state index contributed by atoms with van der Waals surface area (Å²) >= 11 is 0. The molecule has 4 rings (SSSR count). The topological polar surface area (TPSA) is 99.8 Å². The summed E-state index contributed by atoms with van der Waals surface area (Å²) in [5.74, 6) is 0.480. The zero-order valence-corrected chi connectivity index (χ0v) is 18.1. The normalized spacial score (nSPS) is 12.3. The van der Waals surface area contributed by atoms with Gasteiger partial charge in [-0.1, -0.05) is 29.4 Å². The number of hydrogen-bond acceptors (Lipinski definition) is 6. The van der Waals surface area contributed by atoms with Gasteiger partial charge < -0.3 is 14.8 Å². The van der Waals surface area contributed by atoms with E-state index in [1.807, 2.05) is 32.9 Å². The molecule has 4 aromatic rings. The van der Waals surface area contributed by atoms with Gasteiger partial charge in [0, 0.05) is 38.4 Å². The minimum Gasteiger partial charge on any atom is -0.354 e. The van der Waals surface area contributed by atoms with E-state index in [1.54, 1.807) is 41.2 Å². The highest BCUT2D eigenvalue weighted by Gasteiger charge is 2.16. The van der Waals surface area contributed by atoms with Crippen LogP contribution < -0.4 is 11.3 Å². The fourth-order valence-corrected chi connectivity index (χ4v) is 3.39. The number of hydrogen-bond donors (Lipinski definition) is 1. The molecule has 0 aliphatic carbocycles. The van der Waals surface area contributed by atoms with Gasteiger partial charge in [0.1, 0.15) is 18.1 Å². The van der Waals surface area contributed by atoms with Crippen LogP contribution in [-0.2, 0) is 0 Å². The van der Waals surface area contributed by atoms with Crippen molar-refractivity contribution in [1.82, 2.24) is 19.7 Å². The zero-order chi connectivity index (χ0) is 22.8. The Morgan fingerprint density at radius 3 is 2.53 bits per heavy atom. The summed E-state index contributed by atoms with van der Waals surface area (Å²) in [6.07, 6.45) is 3.46. The molecule has 0 saturated heterocycles. The Kier molecular flexibility index (Phi) is 5.96. The summed E-state index contributed by atoms with van der Waals surface area (Å²) < 4.78 is 20.0. The molecule has 0 bridgehead atoms. The Balaban J connectivity index is 0.00000204. The number of halogens is 1. The van der Waals surface area contributed by atoms with Crippen molar-refractivity contribution in [1.29, 1.82) is 0 Å². The lowest BCUT2D eigenvalue weighted by molar-refractivity contribution is 0.433. The third-order valence-electron chi connectivity index (χ3n) is 5.29. The monoisotopic (exact) mass is 437 g/mol. The Labute approximate surface area is 187 Å². The zero-order valence-electron chi connectivity index (χ0n) is 18.1. The van der Waals surface area contributed by atoms with E-state index < -0.39 is 12.7 Å². The number of rotatable bonds is 6. The van der Waals surface area contributed by atoms with E-state index in [0.717, 1.165) is 16.7 Å². The number of benzene rings is 1. The van der Waals surface area contributed by atoms with Crippen molar-refractivity contribution in [3.05, 3.63) is 76.5 Å². The van der Waals surface area contributed by atoms with Gasteiger partial charge in [0.25, 0.3) is 5.56 Å². The molecule has 0 spiro atoms. The fourth-order valence-electron chi connectivity index (χ4n) is 3.39. The van der Waals surface area contributed by atoms with Crippen LogP contribution in [0, 0.1) is 6.92 Å². The van der Waals surface area contributed by atoms with Crippen molar-refractivity contribution < 1.29 is 11.8 Å². The van der Waals surface area contributed by atoms with Crippen LogP contribution in [0.4, 0.5) is 4.39 Å².